The van der Waals surface area contributed by atoms with E-state index in [0.717, 1.165) is 19.4 Å². The van der Waals surface area contributed by atoms with E-state index >= 15 is 0 Å². The van der Waals surface area contributed by atoms with Gasteiger partial charge in [-0.3, -0.25) is 0 Å². The van der Waals surface area contributed by atoms with Gasteiger partial charge in [0.05, 0.1) is 12.2 Å². The summed E-state index contributed by atoms with van der Waals surface area (Å²) in [5.74, 6) is 0.666. The van der Waals surface area contributed by atoms with Gasteiger partial charge in [-0.1, -0.05) is 13.5 Å². The van der Waals surface area contributed by atoms with Crippen molar-refractivity contribution in [2.45, 2.75) is 50.7 Å². The number of epoxide rings is 1. The van der Waals surface area contributed by atoms with Crippen LogP contribution in [0.15, 0.2) is 12.2 Å². The lowest BCUT2D eigenvalue weighted by Crippen LogP contribution is -2.50. The summed E-state index contributed by atoms with van der Waals surface area (Å²) in [4.78, 5) is 11.7. The molecule has 5 atom stereocenters. The monoisotopic (exact) mass is 248 g/mol. The number of carbonyl (C=O) groups excluding carboxylic acids is 1. The van der Waals surface area contributed by atoms with E-state index in [1.54, 1.807) is 0 Å². The van der Waals surface area contributed by atoms with Crippen molar-refractivity contribution in [3.8, 4) is 0 Å². The molecule has 0 radical (unpaired) electrons. The van der Waals surface area contributed by atoms with Crippen LogP contribution in [0.5, 0.6) is 0 Å². The van der Waals surface area contributed by atoms with Gasteiger partial charge in [0.2, 0.25) is 0 Å². The van der Waals surface area contributed by atoms with Gasteiger partial charge in [0.15, 0.2) is 0 Å². The highest BCUT2D eigenvalue weighted by Gasteiger charge is 2.64. The lowest BCUT2D eigenvalue weighted by atomic mass is 9.53. The van der Waals surface area contributed by atoms with Crippen molar-refractivity contribution < 1.29 is 14.3 Å². The van der Waals surface area contributed by atoms with Crippen LogP contribution in [0.3, 0.4) is 0 Å². The zero-order valence-corrected chi connectivity index (χ0v) is 10.9. The minimum absolute atomic E-state index is 0.0835. The number of carbonyl (C=O) groups is 1. The van der Waals surface area contributed by atoms with Crippen LogP contribution in [-0.4, -0.2) is 24.3 Å². The number of hydrogen-bond donors (Lipinski definition) is 0. The second-order valence-electron chi connectivity index (χ2n) is 6.93. The fourth-order valence-corrected chi connectivity index (χ4v) is 4.82. The van der Waals surface area contributed by atoms with Crippen molar-refractivity contribution in [3.63, 3.8) is 0 Å². The quantitative estimate of drug-likeness (QED) is 0.375. The Labute approximate surface area is 108 Å². The third-order valence-electron chi connectivity index (χ3n) is 5.91. The van der Waals surface area contributed by atoms with Crippen LogP contribution in [0, 0.1) is 17.3 Å². The zero-order valence-electron chi connectivity index (χ0n) is 10.9. The summed E-state index contributed by atoms with van der Waals surface area (Å²) in [5.41, 5.74) is 1.13. The van der Waals surface area contributed by atoms with Crippen LogP contribution in [0.25, 0.3) is 0 Å². The summed E-state index contributed by atoms with van der Waals surface area (Å²) in [6.45, 7) is 7.22. The molecule has 4 aliphatic rings. The Kier molecular flexibility index (Phi) is 1.95. The van der Waals surface area contributed by atoms with Gasteiger partial charge in [0.1, 0.15) is 6.10 Å². The van der Waals surface area contributed by atoms with Crippen LogP contribution < -0.4 is 0 Å². The van der Waals surface area contributed by atoms with E-state index in [9.17, 15) is 4.79 Å². The minimum Gasteiger partial charge on any atom is -0.458 e. The predicted octanol–water partition coefficient (Wildman–Crippen LogP) is 2.45. The van der Waals surface area contributed by atoms with Crippen molar-refractivity contribution in [2.75, 3.05) is 6.61 Å². The Morgan fingerprint density at radius 1 is 1.39 bits per heavy atom. The molecule has 0 aromatic rings. The summed E-state index contributed by atoms with van der Waals surface area (Å²) in [6.07, 6.45) is 5.81. The summed E-state index contributed by atoms with van der Waals surface area (Å²) in [6, 6.07) is 0. The lowest BCUT2D eigenvalue weighted by molar-refractivity contribution is -0.144. The number of fused-ring (bicyclic) bond motifs is 3. The van der Waals surface area contributed by atoms with E-state index in [1.807, 2.05) is 0 Å². The smallest absolute Gasteiger partial charge is 0.334 e. The fourth-order valence-electron chi connectivity index (χ4n) is 4.82. The van der Waals surface area contributed by atoms with Gasteiger partial charge >= 0.3 is 5.97 Å². The van der Waals surface area contributed by atoms with Crippen LogP contribution in [0.2, 0.25) is 0 Å². The molecule has 18 heavy (non-hydrogen) atoms. The van der Waals surface area contributed by atoms with Gasteiger partial charge in [-0.05, 0) is 43.4 Å². The number of ether oxygens (including phenoxy) is 2. The van der Waals surface area contributed by atoms with Crippen molar-refractivity contribution >= 4 is 5.97 Å². The highest BCUT2D eigenvalue weighted by atomic mass is 16.6. The molecule has 2 saturated carbocycles. The standard InChI is InChI=1S/C15H20O3/c1-9-10-6-12-14(2,7-11(10)18-13(9)16)4-3-5-15(12)8-17-15/h10-12H,1,3-8H2,2H3/t10-,11-,12-,14-,15+/m1/s1. The molecule has 0 aromatic carbocycles. The largest absolute Gasteiger partial charge is 0.458 e. The Balaban J connectivity index is 1.69. The van der Waals surface area contributed by atoms with Gasteiger partial charge < -0.3 is 9.47 Å². The van der Waals surface area contributed by atoms with Crippen molar-refractivity contribution in [3.05, 3.63) is 12.2 Å². The first-order valence-corrected chi connectivity index (χ1v) is 7.08. The van der Waals surface area contributed by atoms with Crippen LogP contribution >= 0.6 is 0 Å². The van der Waals surface area contributed by atoms with E-state index in [4.69, 9.17) is 9.47 Å². The summed E-state index contributed by atoms with van der Waals surface area (Å²) >= 11 is 0. The first kappa shape index (κ1) is 11.0. The van der Waals surface area contributed by atoms with Crippen LogP contribution in [0.4, 0.5) is 0 Å². The molecule has 0 amide bonds. The molecule has 98 valence electrons. The van der Waals surface area contributed by atoms with Crippen molar-refractivity contribution in [1.82, 2.24) is 0 Å². The molecule has 2 aliphatic carbocycles. The molecule has 1 spiro atoms. The van der Waals surface area contributed by atoms with E-state index in [0.29, 0.717) is 16.9 Å². The molecule has 3 nitrogen and oxygen atoms in total. The van der Waals surface area contributed by atoms with Gasteiger partial charge in [-0.2, -0.15) is 0 Å². The summed E-state index contributed by atoms with van der Waals surface area (Å²) in [7, 11) is 0. The zero-order chi connectivity index (χ0) is 12.5. The number of rotatable bonds is 0. The minimum atomic E-state index is -0.169. The molecule has 4 fully saturated rings. The Morgan fingerprint density at radius 3 is 2.89 bits per heavy atom. The summed E-state index contributed by atoms with van der Waals surface area (Å²) < 4.78 is 11.3. The van der Waals surface area contributed by atoms with Crippen molar-refractivity contribution in [1.29, 1.82) is 0 Å². The SMILES string of the molecule is C=C1C(=O)O[C@@H]2C[C@@]3(C)CCC[C@]4(CO4)[C@@H]3C[C@H]12. The molecular weight excluding hydrogens is 228 g/mol. The maximum Gasteiger partial charge on any atom is 0.334 e. The van der Waals surface area contributed by atoms with Gasteiger partial charge in [0.25, 0.3) is 0 Å². The molecular formula is C15H20O3. The molecule has 0 N–H and O–H groups in total. The Bertz CT molecular complexity index is 437. The second-order valence-corrected chi connectivity index (χ2v) is 6.93. The van der Waals surface area contributed by atoms with E-state index < -0.39 is 0 Å². The van der Waals surface area contributed by atoms with Gasteiger partial charge in [0, 0.05) is 11.5 Å². The molecule has 4 rings (SSSR count). The third-order valence-corrected chi connectivity index (χ3v) is 5.91. The average Bonchev–Trinajstić information content (AvgIpc) is 3.02. The molecule has 2 heterocycles. The van der Waals surface area contributed by atoms with E-state index in [2.05, 4.69) is 13.5 Å². The topological polar surface area (TPSA) is 38.8 Å². The highest BCUT2D eigenvalue weighted by molar-refractivity contribution is 5.90. The highest BCUT2D eigenvalue weighted by Crippen LogP contribution is 2.62. The number of esters is 1. The molecule has 0 unspecified atom stereocenters. The third kappa shape index (κ3) is 1.26. The Morgan fingerprint density at radius 2 is 2.17 bits per heavy atom. The first-order chi connectivity index (χ1) is 8.54. The average molecular weight is 248 g/mol. The van der Waals surface area contributed by atoms with E-state index in [-0.39, 0.29) is 23.6 Å². The molecule has 0 bridgehead atoms. The van der Waals surface area contributed by atoms with Gasteiger partial charge in [-0.15, -0.1) is 0 Å². The van der Waals surface area contributed by atoms with Crippen LogP contribution in [-0.2, 0) is 14.3 Å². The second kappa shape index (κ2) is 3.19. The normalized spacial score (nSPS) is 53.9. The van der Waals surface area contributed by atoms with E-state index in [1.165, 1.54) is 19.3 Å². The lowest BCUT2D eigenvalue weighted by Gasteiger charge is -2.51. The predicted molar refractivity (Wildman–Crippen MR) is 65.9 cm³/mol. The maximum atomic E-state index is 11.7. The molecule has 2 saturated heterocycles. The Hall–Kier alpha value is -0.830. The molecule has 0 aromatic heterocycles. The summed E-state index contributed by atoms with van der Waals surface area (Å²) in [5, 5.41) is 0. The molecule has 2 aliphatic heterocycles. The van der Waals surface area contributed by atoms with Crippen LogP contribution in [0.1, 0.15) is 39.0 Å². The molecule has 3 heteroatoms. The first-order valence-electron chi connectivity index (χ1n) is 7.08. The van der Waals surface area contributed by atoms with Gasteiger partial charge in [-0.25, -0.2) is 4.79 Å². The number of hydrogen-bond acceptors (Lipinski definition) is 3. The van der Waals surface area contributed by atoms with Crippen molar-refractivity contribution in [2.24, 2.45) is 17.3 Å². The maximum absolute atomic E-state index is 11.7. The fraction of sp³-hybridized carbons (Fsp3) is 0.800.